The van der Waals surface area contributed by atoms with E-state index in [1.54, 1.807) is 14.1 Å². The lowest BCUT2D eigenvalue weighted by Gasteiger charge is -2.51. The van der Waals surface area contributed by atoms with E-state index in [4.69, 9.17) is 11.1 Å². The highest BCUT2D eigenvalue weighted by atomic mass is 19.1. The average Bonchev–Trinajstić information content (AvgIpc) is 3.36. The van der Waals surface area contributed by atoms with Crippen molar-refractivity contribution in [3.8, 4) is 5.75 Å². The lowest BCUT2D eigenvalue weighted by atomic mass is 9.57. The summed E-state index contributed by atoms with van der Waals surface area (Å²) in [5.74, 6) is -6.20. The normalized spacial score (nSPS) is 29.6. The van der Waals surface area contributed by atoms with Crippen molar-refractivity contribution >= 4 is 23.2 Å². The van der Waals surface area contributed by atoms with Crippen LogP contribution in [0.15, 0.2) is 23.0 Å². The van der Waals surface area contributed by atoms with Crippen LogP contribution in [0.3, 0.4) is 0 Å². The number of aromatic hydroxyl groups is 1. The zero-order chi connectivity index (χ0) is 27.7. The maximum Gasteiger partial charge on any atom is 0.254 e. The molecule has 0 radical (unpaired) electrons. The Morgan fingerprint density at radius 2 is 1.92 bits per heavy atom. The summed E-state index contributed by atoms with van der Waals surface area (Å²) >= 11 is 0. The second kappa shape index (κ2) is 9.18. The van der Waals surface area contributed by atoms with Crippen molar-refractivity contribution in [1.29, 1.82) is 5.41 Å². The van der Waals surface area contributed by atoms with E-state index in [9.17, 15) is 30.0 Å². The van der Waals surface area contributed by atoms with Crippen LogP contribution in [0.5, 0.6) is 5.75 Å². The summed E-state index contributed by atoms with van der Waals surface area (Å²) in [5.41, 5.74) is 1.20. The number of ketones is 1. The topological polar surface area (TPSA) is 180 Å². The van der Waals surface area contributed by atoms with Gasteiger partial charge in [-0.1, -0.05) is 12.8 Å². The molecule has 38 heavy (non-hydrogen) atoms. The number of primary amides is 1. The summed E-state index contributed by atoms with van der Waals surface area (Å²) in [7, 11) is 3.17. The minimum absolute atomic E-state index is 0.00679. The van der Waals surface area contributed by atoms with E-state index in [1.807, 2.05) is 0 Å². The van der Waals surface area contributed by atoms with Crippen molar-refractivity contribution in [1.82, 2.24) is 10.2 Å². The molecule has 204 valence electrons. The molecule has 1 aromatic carbocycles. The Kier molecular flexibility index (Phi) is 6.36. The van der Waals surface area contributed by atoms with Gasteiger partial charge in [0, 0.05) is 35.2 Å². The molecule has 10 nitrogen and oxygen atoms in total. The second-order valence-electron chi connectivity index (χ2n) is 11.1. The number of nitrogens with one attached hydrogen (secondary N) is 2. The SMILES string of the molecule is CN(C)[C@@H]1C(O)=C(C(N)=O)C(=N)[C@@]2(O)C(=O)C3=C(O)c4c(O)cc(CNC5CCCC5)c(F)c4C[C@H]3C[C@@H]12. The average molecular weight is 529 g/mol. The summed E-state index contributed by atoms with van der Waals surface area (Å²) in [5, 5.41) is 56.4. The number of hydrogen-bond acceptors (Lipinski definition) is 9. The molecule has 0 aromatic heterocycles. The van der Waals surface area contributed by atoms with Gasteiger partial charge in [-0.2, -0.15) is 0 Å². The number of hydrogen-bond donors (Lipinski definition) is 7. The highest BCUT2D eigenvalue weighted by Gasteiger charge is 2.63. The van der Waals surface area contributed by atoms with E-state index in [0.717, 1.165) is 25.7 Å². The lowest BCUT2D eigenvalue weighted by molar-refractivity contribution is -0.138. The Morgan fingerprint density at radius 1 is 1.26 bits per heavy atom. The largest absolute Gasteiger partial charge is 0.510 e. The van der Waals surface area contributed by atoms with Crippen LogP contribution >= 0.6 is 0 Å². The molecule has 0 saturated heterocycles. The monoisotopic (exact) mass is 528 g/mol. The maximum atomic E-state index is 15.8. The molecule has 4 atom stereocenters. The molecule has 0 aliphatic heterocycles. The van der Waals surface area contributed by atoms with Crippen LogP contribution in [-0.4, -0.2) is 74.5 Å². The van der Waals surface area contributed by atoms with Gasteiger partial charge in [-0.25, -0.2) is 4.39 Å². The van der Waals surface area contributed by atoms with Crippen LogP contribution < -0.4 is 11.1 Å². The summed E-state index contributed by atoms with van der Waals surface area (Å²) in [6.07, 6.45) is 4.17. The molecule has 4 aliphatic rings. The van der Waals surface area contributed by atoms with E-state index in [0.29, 0.717) is 0 Å². The highest BCUT2D eigenvalue weighted by Crippen LogP contribution is 2.52. The number of fused-ring (bicyclic) bond motifs is 3. The molecule has 0 spiro atoms. The molecule has 0 unspecified atom stereocenters. The number of Topliss-reactive ketones (excluding diaryl/α,β-unsaturated/α-hetero) is 1. The van der Waals surface area contributed by atoms with Gasteiger partial charge in [-0.15, -0.1) is 0 Å². The third-order valence-electron chi connectivity index (χ3n) is 8.72. The van der Waals surface area contributed by atoms with E-state index in [-0.39, 0.29) is 47.7 Å². The van der Waals surface area contributed by atoms with Crippen LogP contribution in [0, 0.1) is 23.1 Å². The zero-order valence-corrected chi connectivity index (χ0v) is 21.3. The molecule has 2 saturated carbocycles. The number of phenolic OH excluding ortho intramolecular Hbond substituents is 1. The van der Waals surface area contributed by atoms with E-state index >= 15 is 4.39 Å². The van der Waals surface area contributed by atoms with Crippen molar-refractivity contribution in [2.75, 3.05) is 14.1 Å². The predicted molar refractivity (Wildman–Crippen MR) is 136 cm³/mol. The molecule has 0 bridgehead atoms. The summed E-state index contributed by atoms with van der Waals surface area (Å²) in [6.45, 7) is 0.203. The van der Waals surface area contributed by atoms with Gasteiger partial charge in [-0.05, 0) is 51.8 Å². The number of nitrogens with zero attached hydrogens (tertiary/aromatic N) is 1. The zero-order valence-electron chi connectivity index (χ0n) is 21.3. The fourth-order valence-corrected chi connectivity index (χ4v) is 6.92. The van der Waals surface area contributed by atoms with Gasteiger partial charge in [0.05, 0.1) is 17.3 Å². The number of amides is 1. The quantitative estimate of drug-likeness (QED) is 0.301. The van der Waals surface area contributed by atoms with Gasteiger partial charge in [0.2, 0.25) is 5.78 Å². The van der Waals surface area contributed by atoms with Crippen LogP contribution in [-0.2, 0) is 22.6 Å². The van der Waals surface area contributed by atoms with Gasteiger partial charge < -0.3 is 36.9 Å². The second-order valence-corrected chi connectivity index (χ2v) is 11.1. The number of aliphatic hydroxyl groups excluding tert-OH is 2. The molecule has 4 aliphatic carbocycles. The first-order chi connectivity index (χ1) is 17.9. The van der Waals surface area contributed by atoms with Gasteiger partial charge >= 0.3 is 0 Å². The third kappa shape index (κ3) is 3.67. The molecular weight excluding hydrogens is 495 g/mol. The Hall–Kier alpha value is -3.28. The Bertz CT molecular complexity index is 1310. The molecule has 8 N–H and O–H groups in total. The number of aliphatic hydroxyl groups is 3. The minimum Gasteiger partial charge on any atom is -0.510 e. The molecule has 0 heterocycles. The number of nitrogens with two attached hydrogens (primary N) is 1. The maximum absolute atomic E-state index is 15.8. The van der Waals surface area contributed by atoms with Crippen LogP contribution in [0.25, 0.3) is 5.76 Å². The Labute approximate surface area is 219 Å². The first kappa shape index (κ1) is 26.3. The summed E-state index contributed by atoms with van der Waals surface area (Å²) in [4.78, 5) is 27.5. The number of carbonyl (C=O) groups excluding carboxylic acids is 2. The number of rotatable bonds is 5. The Balaban J connectivity index is 1.60. The van der Waals surface area contributed by atoms with Crippen molar-refractivity contribution in [2.45, 2.75) is 62.8 Å². The number of benzene rings is 1. The van der Waals surface area contributed by atoms with Crippen LogP contribution in [0.2, 0.25) is 0 Å². The number of phenols is 1. The summed E-state index contributed by atoms with van der Waals surface area (Å²) < 4.78 is 15.8. The van der Waals surface area contributed by atoms with Crippen molar-refractivity contribution < 1.29 is 34.4 Å². The van der Waals surface area contributed by atoms with Gasteiger partial charge in [0.25, 0.3) is 5.91 Å². The molecule has 5 rings (SSSR count). The molecule has 1 aromatic rings. The fourth-order valence-electron chi connectivity index (χ4n) is 6.92. The number of carbonyl (C=O) groups is 2. The lowest BCUT2D eigenvalue weighted by Crippen LogP contribution is -2.67. The van der Waals surface area contributed by atoms with E-state index < -0.39 is 69.5 Å². The third-order valence-corrected chi connectivity index (χ3v) is 8.72. The Morgan fingerprint density at radius 3 is 2.53 bits per heavy atom. The number of likely N-dealkylation sites (N-methyl/N-ethyl adjacent to an activating group) is 1. The van der Waals surface area contributed by atoms with Crippen molar-refractivity contribution in [2.24, 2.45) is 17.6 Å². The van der Waals surface area contributed by atoms with Gasteiger partial charge in [0.15, 0.2) is 5.60 Å². The number of halogens is 1. The summed E-state index contributed by atoms with van der Waals surface area (Å²) in [6, 6.07) is 0.469. The van der Waals surface area contributed by atoms with Crippen molar-refractivity contribution in [3.63, 3.8) is 0 Å². The predicted octanol–water partition coefficient (Wildman–Crippen LogP) is 1.59. The molecule has 1 amide bonds. The highest BCUT2D eigenvalue weighted by molar-refractivity contribution is 6.33. The van der Waals surface area contributed by atoms with Crippen molar-refractivity contribution in [3.05, 3.63) is 45.5 Å². The first-order valence-corrected chi connectivity index (χ1v) is 12.9. The van der Waals surface area contributed by atoms with Gasteiger partial charge in [-0.3, -0.25) is 14.5 Å². The fraction of sp³-hybridized carbons (Fsp3) is 0.519. The first-order valence-electron chi connectivity index (χ1n) is 12.9. The minimum atomic E-state index is -2.57. The van der Waals surface area contributed by atoms with Crippen LogP contribution in [0.4, 0.5) is 4.39 Å². The smallest absolute Gasteiger partial charge is 0.254 e. The molecule has 2 fully saturated rings. The van der Waals surface area contributed by atoms with Crippen LogP contribution in [0.1, 0.15) is 48.8 Å². The molecule has 11 heteroatoms. The van der Waals surface area contributed by atoms with Gasteiger partial charge in [0.1, 0.15) is 28.7 Å². The van der Waals surface area contributed by atoms with E-state index in [1.165, 1.54) is 11.0 Å². The standard InChI is InChI=1S/C27H33FN4O6/c1-32(2)21-15-8-11-7-14-18(16(33)9-12(20(14)28)10-31-13-5-3-4-6-13)22(34)17(11)25(36)27(15,38)24(29)19(23(21)35)26(30)37/h9,11,13,15,21,29,31,33-35,38H,3-8,10H2,1-2H3,(H2,30,37)/t11-,15-,21-,27+/m0/s1. The van der Waals surface area contributed by atoms with E-state index in [2.05, 4.69) is 5.32 Å². The molecular formula is C27H33FN4O6.